The van der Waals surface area contributed by atoms with Crippen molar-refractivity contribution in [2.45, 2.75) is 57.4 Å². The first-order valence-electron chi connectivity index (χ1n) is 11.1. The Balaban J connectivity index is 1.32. The number of nitrogens with zero attached hydrogens (tertiary/aromatic N) is 3. The minimum atomic E-state index is -0.207. The molecule has 1 aromatic carbocycles. The third-order valence-corrected chi connectivity index (χ3v) is 6.61. The van der Waals surface area contributed by atoms with Crippen molar-refractivity contribution in [1.29, 1.82) is 5.26 Å². The second-order valence-electron chi connectivity index (χ2n) is 8.51. The van der Waals surface area contributed by atoms with E-state index in [0.29, 0.717) is 36.0 Å². The summed E-state index contributed by atoms with van der Waals surface area (Å²) in [6.45, 7) is 4.62. The van der Waals surface area contributed by atoms with Gasteiger partial charge in [-0.1, -0.05) is 11.6 Å². The predicted octanol–water partition coefficient (Wildman–Crippen LogP) is 4.36. The largest absolute Gasteiger partial charge is 0.367 e. The molecule has 7 heteroatoms. The van der Waals surface area contributed by atoms with Crippen molar-refractivity contribution >= 4 is 23.2 Å². The number of amides is 1. The van der Waals surface area contributed by atoms with Gasteiger partial charge in [0, 0.05) is 50.1 Å². The fourth-order valence-electron chi connectivity index (χ4n) is 4.53. The summed E-state index contributed by atoms with van der Waals surface area (Å²) in [5.41, 5.74) is 0.607. The van der Waals surface area contributed by atoms with Crippen molar-refractivity contribution in [2.24, 2.45) is 5.92 Å². The first-order chi connectivity index (χ1) is 14.5. The Morgan fingerprint density at radius 2 is 1.93 bits per heavy atom. The molecule has 0 bridgehead atoms. The van der Waals surface area contributed by atoms with Gasteiger partial charge in [0.05, 0.1) is 11.8 Å². The van der Waals surface area contributed by atoms with E-state index in [1.165, 1.54) is 12.5 Å². The lowest BCUT2D eigenvalue weighted by Gasteiger charge is -2.37. The Bertz CT molecular complexity index is 737. The third-order valence-electron chi connectivity index (χ3n) is 6.38. The number of carbonyl (C=O) groups is 1. The van der Waals surface area contributed by atoms with Gasteiger partial charge in [0.25, 0.3) is 0 Å². The zero-order valence-corrected chi connectivity index (χ0v) is 18.3. The Morgan fingerprint density at radius 3 is 2.63 bits per heavy atom. The van der Waals surface area contributed by atoms with Gasteiger partial charge in [-0.05, 0) is 69.2 Å². The summed E-state index contributed by atoms with van der Waals surface area (Å²) in [6, 6.07) is 7.12. The van der Waals surface area contributed by atoms with Crippen LogP contribution in [0, 0.1) is 23.1 Å². The molecular formula is C23H32ClFN4O. The number of nitrogens with one attached hydrogen (secondary N) is 1. The number of halogens is 2. The van der Waals surface area contributed by atoms with Gasteiger partial charge in [-0.3, -0.25) is 9.69 Å². The zero-order chi connectivity index (χ0) is 21.3. The molecule has 0 atom stereocenters. The number of hydrogen-bond acceptors (Lipinski definition) is 4. The van der Waals surface area contributed by atoms with Crippen molar-refractivity contribution < 1.29 is 9.18 Å². The fraction of sp³-hybridized carbons (Fsp3) is 0.652. The summed E-state index contributed by atoms with van der Waals surface area (Å²) < 4.78 is 14.1. The molecule has 1 aliphatic carbocycles. The quantitative estimate of drug-likeness (QED) is 0.617. The van der Waals surface area contributed by atoms with Crippen LogP contribution >= 0.6 is 11.6 Å². The number of unbranched alkanes of at least 4 members (excludes halogenated alkanes) is 1. The summed E-state index contributed by atoms with van der Waals surface area (Å²) in [5, 5.41) is 12.3. The second-order valence-corrected chi connectivity index (χ2v) is 8.95. The van der Waals surface area contributed by atoms with Crippen LogP contribution in [-0.4, -0.2) is 49.6 Å². The molecule has 1 amide bonds. The molecule has 1 heterocycles. The highest BCUT2D eigenvalue weighted by Crippen LogP contribution is 2.28. The highest BCUT2D eigenvalue weighted by Gasteiger charge is 2.24. The average Bonchev–Trinajstić information content (AvgIpc) is 2.75. The summed E-state index contributed by atoms with van der Waals surface area (Å²) in [7, 11) is 0. The van der Waals surface area contributed by atoms with E-state index in [2.05, 4.69) is 21.2 Å². The van der Waals surface area contributed by atoms with E-state index in [9.17, 15) is 9.18 Å². The number of nitriles is 1. The molecule has 1 saturated carbocycles. The lowest BCUT2D eigenvalue weighted by Crippen LogP contribution is -2.47. The van der Waals surface area contributed by atoms with E-state index in [4.69, 9.17) is 16.9 Å². The molecule has 1 N–H and O–H groups in total. The maximum Gasteiger partial charge on any atom is 0.220 e. The van der Waals surface area contributed by atoms with Crippen LogP contribution in [0.4, 0.5) is 10.1 Å². The lowest BCUT2D eigenvalue weighted by molar-refractivity contribution is -0.122. The Hall–Kier alpha value is -1.84. The van der Waals surface area contributed by atoms with Crippen molar-refractivity contribution in [3.8, 4) is 6.07 Å². The topological polar surface area (TPSA) is 59.4 Å². The molecule has 1 aliphatic heterocycles. The van der Waals surface area contributed by atoms with Crippen molar-refractivity contribution in [1.82, 2.24) is 10.2 Å². The molecule has 2 aliphatic rings. The minimum Gasteiger partial charge on any atom is -0.367 e. The predicted molar refractivity (Wildman–Crippen MR) is 118 cm³/mol. The SMILES string of the molecule is N#CCCCC(=O)N[C@H]1CC[C@H](CCN2CCN(c3cc(Cl)ccc3F)CC2)CC1. The number of rotatable bonds is 8. The molecule has 0 unspecified atom stereocenters. The Morgan fingerprint density at radius 1 is 1.20 bits per heavy atom. The number of anilines is 1. The highest BCUT2D eigenvalue weighted by molar-refractivity contribution is 6.30. The van der Waals surface area contributed by atoms with Crippen molar-refractivity contribution in [2.75, 3.05) is 37.6 Å². The smallest absolute Gasteiger partial charge is 0.220 e. The first kappa shape index (κ1) is 22.8. The molecule has 0 radical (unpaired) electrons. The molecule has 30 heavy (non-hydrogen) atoms. The summed E-state index contributed by atoms with van der Waals surface area (Å²) in [5.74, 6) is 0.602. The van der Waals surface area contributed by atoms with E-state index >= 15 is 0 Å². The van der Waals surface area contributed by atoms with Gasteiger partial charge in [-0.25, -0.2) is 4.39 Å². The normalized spacial score (nSPS) is 22.5. The van der Waals surface area contributed by atoms with E-state index in [1.54, 1.807) is 12.1 Å². The molecular weight excluding hydrogens is 403 g/mol. The molecule has 5 nitrogen and oxygen atoms in total. The van der Waals surface area contributed by atoms with E-state index in [1.807, 2.05) is 0 Å². The third kappa shape index (κ3) is 6.85. The van der Waals surface area contributed by atoms with Crippen LogP contribution in [0.25, 0.3) is 0 Å². The van der Waals surface area contributed by atoms with Crippen LogP contribution in [0.3, 0.4) is 0 Å². The van der Waals surface area contributed by atoms with Gasteiger partial charge < -0.3 is 10.2 Å². The van der Waals surface area contributed by atoms with Crippen LogP contribution in [-0.2, 0) is 4.79 Å². The van der Waals surface area contributed by atoms with Crippen LogP contribution in [0.5, 0.6) is 0 Å². The monoisotopic (exact) mass is 434 g/mol. The van der Waals surface area contributed by atoms with E-state index in [-0.39, 0.29) is 11.7 Å². The van der Waals surface area contributed by atoms with E-state index < -0.39 is 0 Å². The van der Waals surface area contributed by atoms with Gasteiger partial charge in [-0.15, -0.1) is 0 Å². The number of benzene rings is 1. The van der Waals surface area contributed by atoms with Gasteiger partial charge in [0.15, 0.2) is 0 Å². The maximum absolute atomic E-state index is 14.1. The molecule has 3 rings (SSSR count). The fourth-order valence-corrected chi connectivity index (χ4v) is 4.70. The van der Waals surface area contributed by atoms with Gasteiger partial charge in [0.2, 0.25) is 5.91 Å². The summed E-state index contributed by atoms with van der Waals surface area (Å²) in [6.07, 6.45) is 7.17. The maximum atomic E-state index is 14.1. The zero-order valence-electron chi connectivity index (χ0n) is 17.6. The second kappa shape index (κ2) is 11.5. The van der Waals surface area contributed by atoms with Crippen LogP contribution < -0.4 is 10.2 Å². The van der Waals surface area contributed by atoms with Crippen molar-refractivity contribution in [3.05, 3.63) is 29.0 Å². The van der Waals surface area contributed by atoms with Crippen LogP contribution in [0.15, 0.2) is 18.2 Å². The van der Waals surface area contributed by atoms with Gasteiger partial charge in [-0.2, -0.15) is 5.26 Å². The summed E-state index contributed by atoms with van der Waals surface area (Å²) in [4.78, 5) is 16.5. The van der Waals surface area contributed by atoms with Crippen LogP contribution in [0.1, 0.15) is 51.4 Å². The number of hydrogen-bond donors (Lipinski definition) is 1. The summed E-state index contributed by atoms with van der Waals surface area (Å²) >= 11 is 6.03. The first-order valence-corrected chi connectivity index (χ1v) is 11.5. The van der Waals surface area contributed by atoms with E-state index in [0.717, 1.165) is 64.3 Å². The molecule has 1 saturated heterocycles. The van der Waals surface area contributed by atoms with Crippen LogP contribution in [0.2, 0.25) is 5.02 Å². The van der Waals surface area contributed by atoms with Gasteiger partial charge >= 0.3 is 0 Å². The number of carbonyl (C=O) groups excluding carboxylic acids is 1. The molecule has 1 aromatic rings. The molecule has 0 aromatic heterocycles. The van der Waals surface area contributed by atoms with Gasteiger partial charge in [0.1, 0.15) is 5.82 Å². The molecule has 2 fully saturated rings. The Labute approximate surface area is 184 Å². The molecule has 164 valence electrons. The highest BCUT2D eigenvalue weighted by atomic mass is 35.5. The average molecular weight is 435 g/mol. The Kier molecular flexibility index (Phi) is 8.77. The minimum absolute atomic E-state index is 0.0858. The molecule has 0 spiro atoms. The van der Waals surface area contributed by atoms with Crippen molar-refractivity contribution in [3.63, 3.8) is 0 Å². The lowest BCUT2D eigenvalue weighted by atomic mass is 9.84. The number of piperazine rings is 1. The standard InChI is InChI=1S/C23H32ClFN4O/c24-19-6-9-21(25)22(17-19)29-15-13-28(14-16-29)12-10-18-4-7-20(8-5-18)27-23(30)3-1-2-11-26/h6,9,17-18,20H,1-5,7-8,10,12-16H2,(H,27,30)/t18-,20-.